The summed E-state index contributed by atoms with van der Waals surface area (Å²) < 4.78 is 5.65. The van der Waals surface area contributed by atoms with Gasteiger partial charge in [-0.2, -0.15) is 0 Å². The van der Waals surface area contributed by atoms with E-state index in [2.05, 4.69) is 13.8 Å². The Balaban J connectivity index is 2.29. The van der Waals surface area contributed by atoms with Crippen LogP contribution in [0.25, 0.3) is 11.6 Å². The van der Waals surface area contributed by atoms with E-state index in [0.717, 1.165) is 28.0 Å². The smallest absolute Gasteiger partial charge is 0.336 e. The second kappa shape index (κ2) is 7.82. The predicted octanol–water partition coefficient (Wildman–Crippen LogP) is 4.96. The maximum absolute atomic E-state index is 11.7. The van der Waals surface area contributed by atoms with Crippen LogP contribution in [0.5, 0.6) is 5.75 Å². The van der Waals surface area contributed by atoms with Crippen LogP contribution < -0.4 is 4.74 Å². The number of hydrogen-bond donors (Lipinski definition) is 1. The lowest BCUT2D eigenvalue weighted by Gasteiger charge is -2.10. The lowest BCUT2D eigenvalue weighted by molar-refractivity contribution is -0.130. The second-order valence-electron chi connectivity index (χ2n) is 6.46. The van der Waals surface area contributed by atoms with Gasteiger partial charge in [-0.25, -0.2) is 4.79 Å². The molecule has 2 rings (SSSR count). The first-order chi connectivity index (χ1) is 11.4. The van der Waals surface area contributed by atoms with Gasteiger partial charge in [-0.15, -0.1) is 0 Å². The van der Waals surface area contributed by atoms with Crippen molar-refractivity contribution in [3.05, 3.63) is 64.7 Å². The maximum Gasteiger partial charge on any atom is 0.336 e. The van der Waals surface area contributed by atoms with Gasteiger partial charge in [-0.3, -0.25) is 0 Å². The van der Waals surface area contributed by atoms with Gasteiger partial charge in [0.25, 0.3) is 0 Å². The van der Waals surface area contributed by atoms with Gasteiger partial charge in [-0.1, -0.05) is 49.7 Å². The average Bonchev–Trinajstić information content (AvgIpc) is 2.52. The molecule has 0 fully saturated rings. The van der Waals surface area contributed by atoms with Gasteiger partial charge < -0.3 is 9.84 Å². The third-order valence-corrected chi connectivity index (χ3v) is 3.68. The van der Waals surface area contributed by atoms with Crippen LogP contribution in [0.2, 0.25) is 0 Å². The highest BCUT2D eigenvalue weighted by atomic mass is 16.5. The number of hydrogen-bond acceptors (Lipinski definition) is 2. The molecule has 0 saturated heterocycles. The van der Waals surface area contributed by atoms with Gasteiger partial charge >= 0.3 is 5.97 Å². The van der Waals surface area contributed by atoms with Crippen LogP contribution in [0.15, 0.2) is 42.5 Å². The van der Waals surface area contributed by atoms with Crippen molar-refractivity contribution in [1.29, 1.82) is 0 Å². The molecule has 0 aliphatic carbocycles. The zero-order valence-electron chi connectivity index (χ0n) is 14.7. The molecule has 1 N–H and O–H groups in total. The highest BCUT2D eigenvalue weighted by Crippen LogP contribution is 2.24. The van der Waals surface area contributed by atoms with Crippen LogP contribution in [0.1, 0.15) is 36.1 Å². The molecule has 2 aromatic carbocycles. The number of carboxylic acid groups (broad SMARTS) is 1. The van der Waals surface area contributed by atoms with Crippen molar-refractivity contribution in [1.82, 2.24) is 0 Å². The second-order valence-corrected chi connectivity index (χ2v) is 6.46. The molecule has 24 heavy (non-hydrogen) atoms. The molecule has 0 bridgehead atoms. The maximum atomic E-state index is 11.7. The Morgan fingerprint density at radius 2 is 1.79 bits per heavy atom. The van der Waals surface area contributed by atoms with Crippen LogP contribution in [0, 0.1) is 19.8 Å². The third-order valence-electron chi connectivity index (χ3n) is 3.68. The van der Waals surface area contributed by atoms with E-state index in [9.17, 15) is 9.90 Å². The van der Waals surface area contributed by atoms with Crippen molar-refractivity contribution in [3.8, 4) is 5.75 Å². The fourth-order valence-corrected chi connectivity index (χ4v) is 2.46. The summed E-state index contributed by atoms with van der Waals surface area (Å²) >= 11 is 0. The summed E-state index contributed by atoms with van der Waals surface area (Å²) in [7, 11) is 0. The number of rotatable bonds is 6. The van der Waals surface area contributed by atoms with Crippen molar-refractivity contribution in [2.75, 3.05) is 6.61 Å². The van der Waals surface area contributed by atoms with Crippen LogP contribution in [0.3, 0.4) is 0 Å². The summed E-state index contributed by atoms with van der Waals surface area (Å²) in [5.41, 5.74) is 3.95. The molecule has 0 aromatic heterocycles. The Morgan fingerprint density at radius 3 is 2.33 bits per heavy atom. The van der Waals surface area contributed by atoms with E-state index in [1.165, 1.54) is 0 Å². The van der Waals surface area contributed by atoms with Crippen molar-refractivity contribution >= 4 is 17.6 Å². The molecule has 3 nitrogen and oxygen atoms in total. The number of ether oxygens (including phenoxy) is 1. The molecule has 0 radical (unpaired) electrons. The first-order valence-electron chi connectivity index (χ1n) is 8.12. The van der Waals surface area contributed by atoms with E-state index in [1.807, 2.05) is 56.3 Å². The highest BCUT2D eigenvalue weighted by molar-refractivity contribution is 6.21. The largest absolute Gasteiger partial charge is 0.493 e. The summed E-state index contributed by atoms with van der Waals surface area (Å²) in [4.78, 5) is 11.7. The van der Waals surface area contributed by atoms with Crippen molar-refractivity contribution in [3.63, 3.8) is 0 Å². The zero-order valence-corrected chi connectivity index (χ0v) is 14.7. The number of carboxylic acids is 1. The first-order valence-corrected chi connectivity index (χ1v) is 8.12. The Labute approximate surface area is 143 Å². The minimum Gasteiger partial charge on any atom is -0.493 e. The Hall–Kier alpha value is -2.55. The summed E-state index contributed by atoms with van der Waals surface area (Å²) in [5, 5.41) is 9.59. The van der Waals surface area contributed by atoms with Crippen LogP contribution >= 0.6 is 0 Å². The topological polar surface area (TPSA) is 46.5 Å². The molecule has 0 amide bonds. The summed E-state index contributed by atoms with van der Waals surface area (Å²) in [6.07, 6.45) is 1.70. The minimum absolute atomic E-state index is 0.295. The van der Waals surface area contributed by atoms with E-state index in [4.69, 9.17) is 4.74 Å². The van der Waals surface area contributed by atoms with E-state index in [0.29, 0.717) is 18.1 Å². The molecular weight excluding hydrogens is 300 g/mol. The number of benzene rings is 2. The summed E-state index contributed by atoms with van der Waals surface area (Å²) in [6, 6.07) is 13.3. The molecular formula is C21H24O3. The Bertz CT molecular complexity index is 740. The SMILES string of the molecule is Cc1ccc(/C(=C/c2ccc(OCC(C)C)cc2)C(=O)O)c(C)c1. The van der Waals surface area contributed by atoms with Gasteiger partial charge in [0, 0.05) is 0 Å². The number of aliphatic carboxylic acids is 1. The predicted molar refractivity (Wildman–Crippen MR) is 98.2 cm³/mol. The Kier molecular flexibility index (Phi) is 5.80. The molecule has 0 aliphatic heterocycles. The van der Waals surface area contributed by atoms with Crippen molar-refractivity contribution in [2.24, 2.45) is 5.92 Å². The molecule has 0 spiro atoms. The van der Waals surface area contributed by atoms with E-state index < -0.39 is 5.97 Å². The molecule has 3 heteroatoms. The van der Waals surface area contributed by atoms with E-state index >= 15 is 0 Å². The minimum atomic E-state index is -0.929. The number of aryl methyl sites for hydroxylation is 2. The molecule has 126 valence electrons. The molecule has 0 heterocycles. The monoisotopic (exact) mass is 324 g/mol. The highest BCUT2D eigenvalue weighted by Gasteiger charge is 2.13. The van der Waals surface area contributed by atoms with Gasteiger partial charge in [0.05, 0.1) is 12.2 Å². The molecule has 0 atom stereocenters. The van der Waals surface area contributed by atoms with Crippen LogP contribution in [-0.4, -0.2) is 17.7 Å². The summed E-state index contributed by atoms with van der Waals surface area (Å²) in [6.45, 7) is 8.79. The number of carbonyl (C=O) groups is 1. The average molecular weight is 324 g/mol. The Morgan fingerprint density at radius 1 is 1.12 bits per heavy atom. The molecule has 0 unspecified atom stereocenters. The van der Waals surface area contributed by atoms with Crippen molar-refractivity contribution in [2.45, 2.75) is 27.7 Å². The van der Waals surface area contributed by atoms with Gasteiger partial charge in [0.1, 0.15) is 5.75 Å². The fourth-order valence-electron chi connectivity index (χ4n) is 2.46. The molecule has 0 saturated carbocycles. The first kappa shape index (κ1) is 17.8. The lowest BCUT2D eigenvalue weighted by atomic mass is 9.97. The van der Waals surface area contributed by atoms with Gasteiger partial charge in [0.2, 0.25) is 0 Å². The molecule has 2 aromatic rings. The zero-order chi connectivity index (χ0) is 17.7. The standard InChI is InChI=1S/C21H24O3/c1-14(2)13-24-18-8-6-17(7-9-18)12-20(21(22)23)19-10-5-15(3)11-16(19)4/h5-12,14H,13H2,1-4H3,(H,22,23)/b20-12-. The van der Waals surface area contributed by atoms with E-state index in [1.54, 1.807) is 6.08 Å². The lowest BCUT2D eigenvalue weighted by Crippen LogP contribution is -2.04. The van der Waals surface area contributed by atoms with Gasteiger partial charge in [-0.05, 0) is 54.7 Å². The third kappa shape index (κ3) is 4.72. The van der Waals surface area contributed by atoms with Crippen LogP contribution in [0.4, 0.5) is 0 Å². The van der Waals surface area contributed by atoms with Gasteiger partial charge in [0.15, 0.2) is 0 Å². The molecule has 0 aliphatic rings. The quantitative estimate of drug-likeness (QED) is 0.603. The fraction of sp³-hybridized carbons (Fsp3) is 0.286. The van der Waals surface area contributed by atoms with E-state index in [-0.39, 0.29) is 0 Å². The summed E-state index contributed by atoms with van der Waals surface area (Å²) in [5.74, 6) is 0.332. The normalized spacial score (nSPS) is 11.6. The van der Waals surface area contributed by atoms with Crippen LogP contribution in [-0.2, 0) is 4.79 Å². The van der Waals surface area contributed by atoms with Crippen molar-refractivity contribution < 1.29 is 14.6 Å².